The number of hydrogen-bond donors (Lipinski definition) is 1. The van der Waals surface area contributed by atoms with Crippen LogP contribution in [0.15, 0.2) is 79.1 Å². The highest BCUT2D eigenvalue weighted by Crippen LogP contribution is 2.24. The molecule has 2 aromatic carbocycles. The molecule has 5 rings (SSSR count). The number of fused-ring (bicyclic) bond motifs is 1. The van der Waals surface area contributed by atoms with Crippen molar-refractivity contribution in [2.75, 3.05) is 5.32 Å². The number of anilines is 1. The van der Waals surface area contributed by atoms with Crippen molar-refractivity contribution in [3.8, 4) is 28.4 Å². The zero-order valence-corrected chi connectivity index (χ0v) is 18.4. The fraction of sp³-hybridized carbons (Fsp3) is 0.0800. The van der Waals surface area contributed by atoms with Crippen LogP contribution < -0.4 is 10.1 Å². The van der Waals surface area contributed by atoms with E-state index in [1.807, 2.05) is 18.2 Å². The van der Waals surface area contributed by atoms with Crippen LogP contribution in [0, 0.1) is 11.6 Å². The van der Waals surface area contributed by atoms with Crippen LogP contribution >= 0.6 is 0 Å². The first-order valence-electron chi connectivity index (χ1n) is 10.6. The summed E-state index contributed by atoms with van der Waals surface area (Å²) in [6.45, 7) is 1.48. The minimum absolute atomic E-state index is 0.210. The molecule has 0 aliphatic rings. The van der Waals surface area contributed by atoms with E-state index in [-0.39, 0.29) is 5.75 Å². The first kappa shape index (κ1) is 22.1. The first-order valence-corrected chi connectivity index (χ1v) is 10.6. The molecule has 0 radical (unpaired) electrons. The number of pyridine rings is 1. The molecule has 1 atom stereocenters. The van der Waals surface area contributed by atoms with Gasteiger partial charge in [-0.25, -0.2) is 8.78 Å². The summed E-state index contributed by atoms with van der Waals surface area (Å²) in [6, 6.07) is 17.3. The molecule has 10 heteroatoms. The number of halogens is 2. The summed E-state index contributed by atoms with van der Waals surface area (Å²) in [4.78, 5) is 16.7. The molecule has 0 saturated heterocycles. The van der Waals surface area contributed by atoms with Gasteiger partial charge >= 0.3 is 0 Å². The predicted octanol–water partition coefficient (Wildman–Crippen LogP) is 4.54. The molecule has 1 amide bonds. The van der Waals surface area contributed by atoms with Crippen LogP contribution in [0.3, 0.4) is 0 Å². The van der Waals surface area contributed by atoms with Crippen molar-refractivity contribution >= 4 is 17.2 Å². The van der Waals surface area contributed by atoms with Crippen LogP contribution in [0.25, 0.3) is 28.3 Å². The third-order valence-electron chi connectivity index (χ3n) is 5.18. The summed E-state index contributed by atoms with van der Waals surface area (Å²) in [5.41, 5.74) is 3.24. The number of hydrogen-bond acceptors (Lipinski definition) is 6. The second-order valence-corrected chi connectivity index (χ2v) is 7.66. The van der Waals surface area contributed by atoms with Crippen LogP contribution in [0.4, 0.5) is 14.5 Å². The zero-order valence-electron chi connectivity index (χ0n) is 18.4. The van der Waals surface area contributed by atoms with E-state index in [4.69, 9.17) is 4.74 Å². The maximum Gasteiger partial charge on any atom is 0.265 e. The van der Waals surface area contributed by atoms with Crippen molar-refractivity contribution in [2.45, 2.75) is 13.0 Å². The van der Waals surface area contributed by atoms with Gasteiger partial charge in [0.15, 0.2) is 29.1 Å². The maximum atomic E-state index is 13.8. The number of rotatable bonds is 6. The number of ether oxygens (including phenoxy) is 1. The molecule has 8 nitrogen and oxygen atoms in total. The van der Waals surface area contributed by atoms with Crippen molar-refractivity contribution in [1.29, 1.82) is 0 Å². The van der Waals surface area contributed by atoms with Gasteiger partial charge in [0.25, 0.3) is 5.91 Å². The van der Waals surface area contributed by atoms with Gasteiger partial charge in [-0.15, -0.1) is 10.2 Å². The largest absolute Gasteiger partial charge is 0.478 e. The van der Waals surface area contributed by atoms with Crippen LogP contribution in [0.1, 0.15) is 6.92 Å². The quantitative estimate of drug-likeness (QED) is 0.390. The minimum atomic E-state index is -1.02. The zero-order chi connectivity index (χ0) is 24.4. The Hall–Kier alpha value is -4.73. The maximum absolute atomic E-state index is 13.8. The Kier molecular flexibility index (Phi) is 5.84. The van der Waals surface area contributed by atoms with Gasteiger partial charge in [0.1, 0.15) is 5.82 Å². The molecule has 0 bridgehead atoms. The highest BCUT2D eigenvalue weighted by atomic mass is 19.1. The Balaban J connectivity index is 1.36. The van der Waals surface area contributed by atoms with E-state index >= 15 is 0 Å². The van der Waals surface area contributed by atoms with E-state index in [9.17, 15) is 13.6 Å². The number of nitrogens with one attached hydrogen (secondary N) is 1. The topological polar surface area (TPSA) is 94.3 Å². The predicted molar refractivity (Wildman–Crippen MR) is 125 cm³/mol. The summed E-state index contributed by atoms with van der Waals surface area (Å²) >= 11 is 0. The molecule has 0 saturated carbocycles. The van der Waals surface area contributed by atoms with E-state index in [1.165, 1.54) is 6.92 Å². The minimum Gasteiger partial charge on any atom is -0.478 e. The Morgan fingerprint density at radius 3 is 2.66 bits per heavy atom. The lowest BCUT2D eigenvalue weighted by Crippen LogP contribution is -2.30. The number of aromatic nitrogens is 5. The molecule has 1 N–H and O–H groups in total. The van der Waals surface area contributed by atoms with E-state index in [0.29, 0.717) is 28.9 Å². The van der Waals surface area contributed by atoms with Gasteiger partial charge in [0.05, 0.1) is 5.69 Å². The summed E-state index contributed by atoms with van der Waals surface area (Å²) in [5.74, 6) is -1.76. The van der Waals surface area contributed by atoms with E-state index in [0.717, 1.165) is 23.3 Å². The number of nitrogens with zero attached hydrogens (tertiary/aromatic N) is 5. The number of amides is 1. The number of carbonyl (C=O) groups is 1. The Bertz CT molecular complexity index is 1520. The smallest absolute Gasteiger partial charge is 0.265 e. The van der Waals surface area contributed by atoms with Gasteiger partial charge in [0.2, 0.25) is 0 Å². The lowest BCUT2D eigenvalue weighted by atomic mass is 10.1. The van der Waals surface area contributed by atoms with Crippen LogP contribution in [0.2, 0.25) is 0 Å². The first-order chi connectivity index (χ1) is 17.0. The van der Waals surface area contributed by atoms with Gasteiger partial charge < -0.3 is 10.1 Å². The van der Waals surface area contributed by atoms with Crippen molar-refractivity contribution in [3.63, 3.8) is 0 Å². The molecular weight excluding hydrogens is 454 g/mol. The SMILES string of the molecule is CC(Oc1ccc(F)cc1F)C(=O)Nc1cccc(-c2ccc3nnc(-c4cccnc4)n3n2)c1. The van der Waals surface area contributed by atoms with Crippen molar-refractivity contribution in [2.24, 2.45) is 0 Å². The molecule has 174 valence electrons. The van der Waals surface area contributed by atoms with E-state index in [2.05, 4.69) is 25.6 Å². The second kappa shape index (κ2) is 9.26. The molecule has 35 heavy (non-hydrogen) atoms. The van der Waals surface area contributed by atoms with Gasteiger partial charge in [-0.2, -0.15) is 9.61 Å². The van der Waals surface area contributed by atoms with E-state index in [1.54, 1.807) is 47.2 Å². The summed E-state index contributed by atoms with van der Waals surface area (Å²) in [6.07, 6.45) is 2.34. The average molecular weight is 472 g/mol. The average Bonchev–Trinajstić information content (AvgIpc) is 3.30. The third kappa shape index (κ3) is 4.67. The fourth-order valence-electron chi connectivity index (χ4n) is 3.43. The van der Waals surface area contributed by atoms with Crippen LogP contribution in [-0.4, -0.2) is 36.8 Å². The van der Waals surface area contributed by atoms with Crippen LogP contribution in [0.5, 0.6) is 5.75 Å². The molecule has 0 fully saturated rings. The normalized spacial score (nSPS) is 11.9. The van der Waals surface area contributed by atoms with Gasteiger partial charge in [-0.3, -0.25) is 9.78 Å². The molecular formula is C25H18F2N6O2. The van der Waals surface area contributed by atoms with Crippen molar-refractivity contribution < 1.29 is 18.3 Å². The lowest BCUT2D eigenvalue weighted by molar-refractivity contribution is -0.122. The standard InChI is InChI=1S/C25H18F2N6O2/c1-15(35-22-9-7-18(26)13-20(22)27)25(34)29-19-6-2-4-16(12-19)21-8-10-23-30-31-24(33(23)32-21)17-5-3-11-28-14-17/h2-15H,1H3,(H,29,34). The fourth-order valence-corrected chi connectivity index (χ4v) is 3.43. The van der Waals surface area contributed by atoms with E-state index < -0.39 is 23.6 Å². The molecule has 0 aliphatic carbocycles. The molecule has 0 aliphatic heterocycles. The molecule has 0 spiro atoms. The second-order valence-electron chi connectivity index (χ2n) is 7.66. The number of carbonyl (C=O) groups excluding carboxylic acids is 1. The highest BCUT2D eigenvalue weighted by molar-refractivity contribution is 5.94. The Labute approximate surface area is 198 Å². The summed E-state index contributed by atoms with van der Waals surface area (Å²) in [5, 5.41) is 15.8. The monoisotopic (exact) mass is 472 g/mol. The molecule has 3 aromatic heterocycles. The summed E-state index contributed by atoms with van der Waals surface area (Å²) in [7, 11) is 0. The molecule has 3 heterocycles. The van der Waals surface area contributed by atoms with Crippen LogP contribution in [-0.2, 0) is 4.79 Å². The summed E-state index contributed by atoms with van der Waals surface area (Å²) < 4.78 is 33.9. The van der Waals surface area contributed by atoms with Gasteiger partial charge in [-0.05, 0) is 55.5 Å². The van der Waals surface area contributed by atoms with Crippen molar-refractivity contribution in [1.82, 2.24) is 24.8 Å². The molecule has 5 aromatic rings. The Morgan fingerprint density at radius 1 is 1.00 bits per heavy atom. The van der Waals surface area contributed by atoms with Crippen molar-refractivity contribution in [3.05, 3.63) is 90.8 Å². The van der Waals surface area contributed by atoms with Gasteiger partial charge in [-0.1, -0.05) is 12.1 Å². The highest BCUT2D eigenvalue weighted by Gasteiger charge is 2.18. The Morgan fingerprint density at radius 2 is 1.86 bits per heavy atom. The molecule has 1 unspecified atom stereocenters. The third-order valence-corrected chi connectivity index (χ3v) is 5.18. The lowest BCUT2D eigenvalue weighted by Gasteiger charge is -2.15. The van der Waals surface area contributed by atoms with Gasteiger partial charge in [0, 0.05) is 35.3 Å². The number of benzene rings is 2.